The number of sulfone groups is 1. The molecule has 0 N–H and O–H groups in total. The number of halogens is 1. The number of nitrogens with zero attached hydrogens (tertiary/aromatic N) is 2. The molecule has 6 nitrogen and oxygen atoms in total. The van der Waals surface area contributed by atoms with E-state index in [1.165, 1.54) is 12.1 Å². The second kappa shape index (κ2) is 8.63. The van der Waals surface area contributed by atoms with Gasteiger partial charge in [-0.2, -0.15) is 0 Å². The van der Waals surface area contributed by atoms with E-state index in [4.69, 9.17) is 16.3 Å². The predicted molar refractivity (Wildman–Crippen MR) is 115 cm³/mol. The lowest BCUT2D eigenvalue weighted by Crippen LogP contribution is -2.48. The normalized spacial score (nSPS) is 14.9. The molecule has 3 rings (SSSR count). The van der Waals surface area contributed by atoms with Crippen LogP contribution in [0.3, 0.4) is 0 Å². The lowest BCUT2D eigenvalue weighted by Gasteiger charge is -2.36. The van der Waals surface area contributed by atoms with Gasteiger partial charge in [0, 0.05) is 43.1 Å². The second-order valence-electron chi connectivity index (χ2n) is 7.35. The molecule has 1 heterocycles. The molecule has 2 aromatic rings. The first-order chi connectivity index (χ1) is 13.6. The first kappa shape index (κ1) is 21.5. The van der Waals surface area contributed by atoms with E-state index in [1.807, 2.05) is 38.1 Å². The Bertz CT molecular complexity index is 982. The third-order valence-electron chi connectivity index (χ3n) is 4.73. The maximum absolute atomic E-state index is 13.2. The van der Waals surface area contributed by atoms with Crippen LogP contribution >= 0.6 is 11.6 Å². The number of rotatable bonds is 5. The van der Waals surface area contributed by atoms with Crippen LogP contribution in [0, 0.1) is 0 Å². The zero-order valence-electron chi connectivity index (χ0n) is 16.8. The van der Waals surface area contributed by atoms with Crippen molar-refractivity contribution in [1.29, 1.82) is 0 Å². The summed E-state index contributed by atoms with van der Waals surface area (Å²) in [5, 5.41) is 0.686. The first-order valence-corrected chi connectivity index (χ1v) is 11.7. The van der Waals surface area contributed by atoms with Gasteiger partial charge in [0.1, 0.15) is 5.75 Å². The van der Waals surface area contributed by atoms with Crippen LogP contribution in [0.1, 0.15) is 24.2 Å². The summed E-state index contributed by atoms with van der Waals surface area (Å²) in [5.41, 5.74) is 1.34. The number of hydrogen-bond donors (Lipinski definition) is 0. The average Bonchev–Trinajstić information content (AvgIpc) is 2.67. The van der Waals surface area contributed by atoms with Gasteiger partial charge in [0.25, 0.3) is 5.91 Å². The number of hydrogen-bond acceptors (Lipinski definition) is 5. The topological polar surface area (TPSA) is 66.9 Å². The fourth-order valence-electron chi connectivity index (χ4n) is 3.25. The van der Waals surface area contributed by atoms with Crippen molar-refractivity contribution >= 4 is 33.0 Å². The van der Waals surface area contributed by atoms with Gasteiger partial charge in [-0.15, -0.1) is 0 Å². The van der Waals surface area contributed by atoms with Crippen LogP contribution in [0.2, 0.25) is 5.02 Å². The van der Waals surface area contributed by atoms with Crippen molar-refractivity contribution in [3.63, 3.8) is 0 Å². The van der Waals surface area contributed by atoms with E-state index < -0.39 is 9.84 Å². The van der Waals surface area contributed by atoms with Crippen molar-refractivity contribution in [2.75, 3.05) is 37.3 Å². The molecule has 0 bridgehead atoms. The molecule has 0 atom stereocenters. The van der Waals surface area contributed by atoms with Gasteiger partial charge in [0.15, 0.2) is 9.84 Å². The van der Waals surface area contributed by atoms with Crippen molar-refractivity contribution < 1.29 is 17.9 Å². The molecule has 1 saturated heterocycles. The van der Waals surface area contributed by atoms with E-state index in [1.54, 1.807) is 11.0 Å². The minimum Gasteiger partial charge on any atom is -0.490 e. The Kier molecular flexibility index (Phi) is 6.39. The Morgan fingerprint density at radius 1 is 1.03 bits per heavy atom. The molecule has 0 aliphatic carbocycles. The Balaban J connectivity index is 1.80. The molecule has 1 fully saturated rings. The van der Waals surface area contributed by atoms with Crippen molar-refractivity contribution in [2.24, 2.45) is 0 Å². The average molecular weight is 437 g/mol. The fraction of sp³-hybridized carbons (Fsp3) is 0.381. The molecule has 0 aromatic heterocycles. The molecule has 1 amide bonds. The van der Waals surface area contributed by atoms with Gasteiger partial charge in [-0.25, -0.2) is 8.42 Å². The van der Waals surface area contributed by atoms with E-state index in [0.717, 1.165) is 11.9 Å². The monoisotopic (exact) mass is 436 g/mol. The van der Waals surface area contributed by atoms with Gasteiger partial charge >= 0.3 is 0 Å². The molecule has 1 aliphatic heterocycles. The fourth-order valence-corrected chi connectivity index (χ4v) is 4.03. The lowest BCUT2D eigenvalue weighted by atomic mass is 10.1. The van der Waals surface area contributed by atoms with E-state index >= 15 is 0 Å². The van der Waals surface area contributed by atoms with Crippen molar-refractivity contribution in [3.05, 3.63) is 53.1 Å². The molecule has 8 heteroatoms. The molecule has 0 radical (unpaired) electrons. The number of anilines is 1. The number of carbonyl (C=O) groups excluding carboxylic acids is 1. The Hall–Kier alpha value is -2.25. The predicted octanol–water partition coefficient (Wildman–Crippen LogP) is 3.49. The van der Waals surface area contributed by atoms with Gasteiger partial charge in [-0.05, 0) is 56.3 Å². The Morgan fingerprint density at radius 3 is 2.21 bits per heavy atom. The van der Waals surface area contributed by atoms with E-state index in [9.17, 15) is 13.2 Å². The highest BCUT2D eigenvalue weighted by Gasteiger charge is 2.26. The van der Waals surface area contributed by atoms with E-state index in [-0.39, 0.29) is 22.5 Å². The van der Waals surface area contributed by atoms with Crippen molar-refractivity contribution in [3.8, 4) is 5.75 Å². The zero-order valence-corrected chi connectivity index (χ0v) is 18.3. The van der Waals surface area contributed by atoms with Crippen LogP contribution in [-0.2, 0) is 9.84 Å². The Labute approximate surface area is 176 Å². The maximum atomic E-state index is 13.2. The highest BCUT2D eigenvalue weighted by atomic mass is 35.5. The molecule has 0 spiro atoms. The number of piperazine rings is 1. The summed E-state index contributed by atoms with van der Waals surface area (Å²) < 4.78 is 29.7. The molecular weight excluding hydrogens is 412 g/mol. The second-order valence-corrected chi connectivity index (χ2v) is 9.80. The maximum Gasteiger partial charge on any atom is 0.257 e. The van der Waals surface area contributed by atoms with Crippen LogP contribution in [0.15, 0.2) is 47.4 Å². The minimum absolute atomic E-state index is 0.108. The zero-order chi connectivity index (χ0) is 21.2. The molecule has 29 heavy (non-hydrogen) atoms. The minimum atomic E-state index is -3.43. The molecular formula is C21H25ClN2O4S. The molecule has 0 unspecified atom stereocenters. The molecule has 0 saturated carbocycles. The van der Waals surface area contributed by atoms with E-state index in [2.05, 4.69) is 4.90 Å². The van der Waals surface area contributed by atoms with Gasteiger partial charge in [0.2, 0.25) is 0 Å². The van der Waals surface area contributed by atoms with Crippen LogP contribution in [-0.4, -0.2) is 57.8 Å². The Morgan fingerprint density at radius 2 is 1.66 bits per heavy atom. The van der Waals surface area contributed by atoms with Crippen molar-refractivity contribution in [2.45, 2.75) is 24.8 Å². The van der Waals surface area contributed by atoms with Gasteiger partial charge in [0.05, 0.1) is 16.6 Å². The van der Waals surface area contributed by atoms with Gasteiger partial charge in [-0.1, -0.05) is 11.6 Å². The number of ether oxygens (including phenoxy) is 1. The lowest BCUT2D eigenvalue weighted by molar-refractivity contribution is 0.0740. The number of carbonyl (C=O) groups is 1. The summed E-state index contributed by atoms with van der Waals surface area (Å²) >= 11 is 5.95. The number of amides is 1. The summed E-state index contributed by atoms with van der Waals surface area (Å²) in [4.78, 5) is 17.2. The van der Waals surface area contributed by atoms with Crippen LogP contribution in [0.4, 0.5) is 5.69 Å². The molecule has 2 aromatic carbocycles. The van der Waals surface area contributed by atoms with Gasteiger partial charge in [-0.3, -0.25) is 4.79 Å². The summed E-state index contributed by atoms with van der Waals surface area (Å²) in [7, 11) is -3.43. The quantitative estimate of drug-likeness (QED) is 0.717. The van der Waals surface area contributed by atoms with Crippen LogP contribution < -0.4 is 9.64 Å². The smallest absolute Gasteiger partial charge is 0.257 e. The summed E-state index contributed by atoms with van der Waals surface area (Å²) in [5.74, 6) is 0.180. The first-order valence-electron chi connectivity index (χ1n) is 9.45. The van der Waals surface area contributed by atoms with Crippen LogP contribution in [0.5, 0.6) is 5.75 Å². The summed E-state index contributed by atoms with van der Waals surface area (Å²) in [6, 6.07) is 12.1. The highest BCUT2D eigenvalue weighted by molar-refractivity contribution is 7.90. The van der Waals surface area contributed by atoms with Crippen molar-refractivity contribution in [1.82, 2.24) is 4.90 Å². The standard InChI is InChI=1S/C21H25ClN2O4S/c1-15(2)28-20-9-8-18(29(3,26)27)14-19(20)21(25)24-12-10-23(11-13-24)17-6-4-16(22)5-7-17/h4-9,14-15H,10-13H2,1-3H3. The summed E-state index contributed by atoms with van der Waals surface area (Å²) in [6.45, 7) is 6.16. The largest absolute Gasteiger partial charge is 0.490 e. The van der Waals surface area contributed by atoms with Gasteiger partial charge < -0.3 is 14.5 Å². The highest BCUT2D eigenvalue weighted by Crippen LogP contribution is 2.26. The summed E-state index contributed by atoms with van der Waals surface area (Å²) in [6.07, 6.45) is 0.997. The van der Waals surface area contributed by atoms with Crippen LogP contribution in [0.25, 0.3) is 0 Å². The third-order valence-corrected chi connectivity index (χ3v) is 6.09. The molecule has 156 valence electrons. The number of benzene rings is 2. The third kappa shape index (κ3) is 5.22. The van der Waals surface area contributed by atoms with E-state index in [0.29, 0.717) is 37.0 Å². The SMILES string of the molecule is CC(C)Oc1ccc(S(C)(=O)=O)cc1C(=O)N1CCN(c2ccc(Cl)cc2)CC1. The molecule has 1 aliphatic rings.